The third kappa shape index (κ3) is 2.00. The number of ether oxygens (including phenoxy) is 1. The Balaban J connectivity index is 3.00. The summed E-state index contributed by atoms with van der Waals surface area (Å²) in [5, 5.41) is 8.68. The molecule has 3 nitrogen and oxygen atoms in total. The molecule has 0 atom stereocenters. The highest BCUT2D eigenvalue weighted by Crippen LogP contribution is 2.16. The number of nitrogens with zero attached hydrogens (tertiary/aromatic N) is 1. The number of allylic oxidation sites excluding steroid dienone is 1. The predicted octanol–water partition coefficient (Wildman–Crippen LogP) is 1.52. The molecule has 0 saturated carbocycles. The molecule has 0 aliphatic rings. The number of hydrogen-bond acceptors (Lipinski definition) is 3. The fraction of sp³-hybridized carbons (Fsp3) is 0.100. The molecule has 0 aromatic heterocycles. The Hall–Kier alpha value is -1.95. The molecular weight excluding hydrogens is 164 g/mol. The van der Waals surface area contributed by atoms with Crippen LogP contribution in [0, 0.1) is 11.3 Å². The van der Waals surface area contributed by atoms with Gasteiger partial charge in [-0.2, -0.15) is 5.26 Å². The van der Waals surface area contributed by atoms with E-state index in [9.17, 15) is 0 Å². The molecule has 13 heavy (non-hydrogen) atoms. The summed E-state index contributed by atoms with van der Waals surface area (Å²) >= 11 is 0. The zero-order chi connectivity index (χ0) is 9.68. The van der Waals surface area contributed by atoms with Crippen molar-refractivity contribution in [3.05, 3.63) is 36.0 Å². The molecule has 0 spiro atoms. The van der Waals surface area contributed by atoms with Crippen molar-refractivity contribution in [3.8, 4) is 11.8 Å². The molecule has 1 rings (SSSR count). The van der Waals surface area contributed by atoms with Crippen LogP contribution >= 0.6 is 0 Å². The number of nitrogens with two attached hydrogens (primary N) is 1. The maximum Gasteiger partial charge on any atom is 0.118 e. The van der Waals surface area contributed by atoms with Crippen molar-refractivity contribution in [2.75, 3.05) is 7.11 Å². The molecule has 0 fully saturated rings. The lowest BCUT2D eigenvalue weighted by Gasteiger charge is -2.00. The number of nitriles is 1. The maximum atomic E-state index is 8.68. The van der Waals surface area contributed by atoms with Gasteiger partial charge >= 0.3 is 0 Å². The Kier molecular flexibility index (Phi) is 2.93. The van der Waals surface area contributed by atoms with Gasteiger partial charge in [-0.3, -0.25) is 0 Å². The predicted molar refractivity (Wildman–Crippen MR) is 50.8 cm³/mol. The fourth-order valence-electron chi connectivity index (χ4n) is 0.969. The monoisotopic (exact) mass is 174 g/mol. The van der Waals surface area contributed by atoms with Crippen LogP contribution in [0.5, 0.6) is 5.75 Å². The van der Waals surface area contributed by atoms with Crippen molar-refractivity contribution in [1.29, 1.82) is 5.26 Å². The summed E-state index contributed by atoms with van der Waals surface area (Å²) in [5.74, 6) is 0.762. The molecular formula is C10H10N2O. The first-order valence-electron chi connectivity index (χ1n) is 3.78. The second-order valence-electron chi connectivity index (χ2n) is 2.42. The Bertz CT molecular complexity index is 346. The minimum absolute atomic E-state index is 0.461. The van der Waals surface area contributed by atoms with Crippen molar-refractivity contribution >= 4 is 5.57 Å². The van der Waals surface area contributed by atoms with Gasteiger partial charge in [-0.05, 0) is 29.8 Å². The largest absolute Gasteiger partial charge is 0.497 e. The lowest BCUT2D eigenvalue weighted by Crippen LogP contribution is -1.88. The molecule has 1 aromatic rings. The van der Waals surface area contributed by atoms with E-state index in [0.29, 0.717) is 5.57 Å². The summed E-state index contributed by atoms with van der Waals surface area (Å²) in [6.07, 6.45) is 1.29. The highest BCUT2D eigenvalue weighted by Gasteiger charge is 1.98. The Labute approximate surface area is 77.0 Å². The molecule has 0 heterocycles. The first-order valence-corrected chi connectivity index (χ1v) is 3.78. The molecule has 0 radical (unpaired) electrons. The van der Waals surface area contributed by atoms with E-state index in [1.165, 1.54) is 6.20 Å². The minimum Gasteiger partial charge on any atom is -0.497 e. The highest BCUT2D eigenvalue weighted by atomic mass is 16.5. The second-order valence-corrected chi connectivity index (χ2v) is 2.42. The van der Waals surface area contributed by atoms with Crippen LogP contribution in [0.3, 0.4) is 0 Å². The molecule has 0 aliphatic heterocycles. The van der Waals surface area contributed by atoms with Crippen LogP contribution in [0.15, 0.2) is 30.5 Å². The molecule has 2 N–H and O–H groups in total. The highest BCUT2D eigenvalue weighted by molar-refractivity contribution is 5.76. The van der Waals surface area contributed by atoms with E-state index in [4.69, 9.17) is 15.7 Å². The van der Waals surface area contributed by atoms with Crippen LogP contribution in [0.2, 0.25) is 0 Å². The Morgan fingerprint density at radius 3 is 2.46 bits per heavy atom. The average Bonchev–Trinajstić information content (AvgIpc) is 2.21. The minimum atomic E-state index is 0.461. The van der Waals surface area contributed by atoms with E-state index in [2.05, 4.69) is 0 Å². The zero-order valence-corrected chi connectivity index (χ0v) is 7.32. The van der Waals surface area contributed by atoms with Gasteiger partial charge in [-0.25, -0.2) is 0 Å². The maximum absolute atomic E-state index is 8.68. The lowest BCUT2D eigenvalue weighted by molar-refractivity contribution is 0.415. The zero-order valence-electron chi connectivity index (χ0n) is 7.32. The van der Waals surface area contributed by atoms with Crippen LogP contribution in [0.4, 0.5) is 0 Å². The molecule has 0 saturated heterocycles. The first kappa shape index (κ1) is 9.14. The molecule has 3 heteroatoms. The van der Waals surface area contributed by atoms with Gasteiger partial charge in [0, 0.05) is 6.20 Å². The van der Waals surface area contributed by atoms with Crippen molar-refractivity contribution in [2.45, 2.75) is 0 Å². The molecule has 0 aliphatic carbocycles. The van der Waals surface area contributed by atoms with E-state index in [1.54, 1.807) is 31.4 Å². The van der Waals surface area contributed by atoms with Crippen LogP contribution in [-0.2, 0) is 0 Å². The van der Waals surface area contributed by atoms with Gasteiger partial charge in [0.2, 0.25) is 0 Å². The summed E-state index contributed by atoms with van der Waals surface area (Å²) in [4.78, 5) is 0. The summed E-state index contributed by atoms with van der Waals surface area (Å²) in [6.45, 7) is 0. The second kappa shape index (κ2) is 4.17. The summed E-state index contributed by atoms with van der Waals surface area (Å²) in [6, 6.07) is 9.16. The van der Waals surface area contributed by atoms with Gasteiger partial charge in [0.15, 0.2) is 0 Å². The number of benzene rings is 1. The van der Waals surface area contributed by atoms with Gasteiger partial charge in [-0.1, -0.05) is 0 Å². The first-order chi connectivity index (χ1) is 6.31. The van der Waals surface area contributed by atoms with E-state index < -0.39 is 0 Å². The smallest absolute Gasteiger partial charge is 0.118 e. The van der Waals surface area contributed by atoms with Crippen molar-refractivity contribution < 1.29 is 4.74 Å². The van der Waals surface area contributed by atoms with Crippen LogP contribution in [0.1, 0.15) is 5.56 Å². The fourth-order valence-corrected chi connectivity index (χ4v) is 0.969. The van der Waals surface area contributed by atoms with E-state index in [-0.39, 0.29) is 0 Å². The van der Waals surface area contributed by atoms with Crippen LogP contribution in [0.25, 0.3) is 5.57 Å². The van der Waals surface area contributed by atoms with Gasteiger partial charge in [0.1, 0.15) is 11.8 Å². The quantitative estimate of drug-likeness (QED) is 0.691. The average molecular weight is 174 g/mol. The summed E-state index contributed by atoms with van der Waals surface area (Å²) in [5.41, 5.74) is 6.53. The third-order valence-corrected chi connectivity index (χ3v) is 1.69. The lowest BCUT2D eigenvalue weighted by atomic mass is 10.1. The van der Waals surface area contributed by atoms with E-state index >= 15 is 0 Å². The number of hydrogen-bond donors (Lipinski definition) is 1. The normalized spacial score (nSPS) is 10.6. The van der Waals surface area contributed by atoms with Gasteiger partial charge in [-0.15, -0.1) is 0 Å². The molecule has 0 amide bonds. The van der Waals surface area contributed by atoms with Gasteiger partial charge in [0.05, 0.1) is 12.7 Å². The summed E-state index contributed by atoms with van der Waals surface area (Å²) in [7, 11) is 1.60. The van der Waals surface area contributed by atoms with Crippen molar-refractivity contribution in [3.63, 3.8) is 0 Å². The topological polar surface area (TPSA) is 59.0 Å². The number of methoxy groups -OCH3 is 1. The Morgan fingerprint density at radius 2 is 2.08 bits per heavy atom. The number of rotatable bonds is 2. The van der Waals surface area contributed by atoms with E-state index in [0.717, 1.165) is 11.3 Å². The van der Waals surface area contributed by atoms with Crippen LogP contribution in [-0.4, -0.2) is 7.11 Å². The van der Waals surface area contributed by atoms with E-state index in [1.807, 2.05) is 6.07 Å². The molecule has 1 aromatic carbocycles. The van der Waals surface area contributed by atoms with Gasteiger partial charge < -0.3 is 10.5 Å². The van der Waals surface area contributed by atoms with Crippen molar-refractivity contribution in [2.24, 2.45) is 5.73 Å². The molecule has 0 bridgehead atoms. The molecule has 66 valence electrons. The van der Waals surface area contributed by atoms with Crippen molar-refractivity contribution in [1.82, 2.24) is 0 Å². The van der Waals surface area contributed by atoms with Gasteiger partial charge in [0.25, 0.3) is 0 Å². The third-order valence-electron chi connectivity index (χ3n) is 1.69. The Morgan fingerprint density at radius 1 is 1.46 bits per heavy atom. The SMILES string of the molecule is COc1ccc(/C(C#N)=C/N)cc1. The summed E-state index contributed by atoms with van der Waals surface area (Å²) < 4.78 is 4.98. The standard InChI is InChI=1S/C10H10N2O/c1-13-10-4-2-8(3-5-10)9(6-11)7-12/h2-6H,11H2,1H3/b9-6+. The molecule has 0 unspecified atom stereocenters. The van der Waals surface area contributed by atoms with Crippen LogP contribution < -0.4 is 10.5 Å².